The van der Waals surface area contributed by atoms with Crippen LogP contribution in [0.1, 0.15) is 0 Å². The Morgan fingerprint density at radius 2 is 1.76 bits per heavy atom. The van der Waals surface area contributed by atoms with Gasteiger partial charge in [-0.3, -0.25) is 4.72 Å². The Bertz CT molecular complexity index is 744. The number of hydrogen-bond donors (Lipinski definition) is 2. The first kappa shape index (κ1) is 15.0. The van der Waals surface area contributed by atoms with Crippen LogP contribution in [0.5, 0.6) is 11.5 Å². The fraction of sp³-hybridized carbons (Fsp3) is 0.143. The van der Waals surface area contributed by atoms with E-state index in [1.807, 2.05) is 0 Å². The average molecular weight is 308 g/mol. The normalized spacial score (nSPS) is 11.0. The Morgan fingerprint density at radius 1 is 1.05 bits per heavy atom. The van der Waals surface area contributed by atoms with Gasteiger partial charge in [0.1, 0.15) is 16.4 Å². The Balaban J connectivity index is 2.42. The predicted molar refractivity (Wildman–Crippen MR) is 81.2 cm³/mol. The monoisotopic (exact) mass is 308 g/mol. The van der Waals surface area contributed by atoms with Crippen LogP contribution in [0.3, 0.4) is 0 Å². The highest BCUT2D eigenvalue weighted by atomic mass is 32.2. The zero-order chi connectivity index (χ0) is 15.5. The fourth-order valence-corrected chi connectivity index (χ4v) is 3.03. The van der Waals surface area contributed by atoms with Crippen molar-refractivity contribution in [1.82, 2.24) is 0 Å². The van der Waals surface area contributed by atoms with Gasteiger partial charge >= 0.3 is 0 Å². The molecule has 0 radical (unpaired) electrons. The summed E-state index contributed by atoms with van der Waals surface area (Å²) < 4.78 is 37.5. The van der Waals surface area contributed by atoms with Gasteiger partial charge in [-0.2, -0.15) is 0 Å². The zero-order valence-electron chi connectivity index (χ0n) is 11.7. The highest BCUT2D eigenvalue weighted by Crippen LogP contribution is 2.30. The number of nitrogens with one attached hydrogen (secondary N) is 1. The maximum Gasteiger partial charge on any atom is 0.265 e. The van der Waals surface area contributed by atoms with Crippen molar-refractivity contribution in [2.75, 3.05) is 24.7 Å². The molecule has 0 aliphatic heterocycles. The van der Waals surface area contributed by atoms with Crippen LogP contribution in [0, 0.1) is 0 Å². The highest BCUT2D eigenvalue weighted by molar-refractivity contribution is 7.92. The number of benzene rings is 2. The molecule has 0 saturated carbocycles. The van der Waals surface area contributed by atoms with Crippen LogP contribution in [-0.4, -0.2) is 22.6 Å². The third-order valence-electron chi connectivity index (χ3n) is 2.87. The summed E-state index contributed by atoms with van der Waals surface area (Å²) in [6.45, 7) is 0. The highest BCUT2D eigenvalue weighted by Gasteiger charge is 2.21. The van der Waals surface area contributed by atoms with Gasteiger partial charge in [-0.05, 0) is 24.3 Å². The summed E-state index contributed by atoms with van der Waals surface area (Å²) in [6.07, 6.45) is 0. The number of methoxy groups -OCH3 is 2. The first-order valence-electron chi connectivity index (χ1n) is 6.07. The van der Waals surface area contributed by atoms with E-state index in [-0.39, 0.29) is 10.6 Å². The fourth-order valence-electron chi connectivity index (χ4n) is 1.79. The van der Waals surface area contributed by atoms with E-state index < -0.39 is 10.0 Å². The van der Waals surface area contributed by atoms with Crippen LogP contribution in [0.25, 0.3) is 0 Å². The van der Waals surface area contributed by atoms with Gasteiger partial charge in [0.25, 0.3) is 10.0 Å². The van der Waals surface area contributed by atoms with Gasteiger partial charge in [-0.25, -0.2) is 8.42 Å². The topological polar surface area (TPSA) is 90.7 Å². The van der Waals surface area contributed by atoms with Gasteiger partial charge in [-0.15, -0.1) is 0 Å². The van der Waals surface area contributed by atoms with Gasteiger partial charge in [-0.1, -0.05) is 12.1 Å². The minimum absolute atomic E-state index is 0.00838. The van der Waals surface area contributed by atoms with Gasteiger partial charge in [0, 0.05) is 6.07 Å². The molecule has 0 aromatic heterocycles. The molecule has 21 heavy (non-hydrogen) atoms. The van der Waals surface area contributed by atoms with E-state index in [0.717, 1.165) is 0 Å². The lowest BCUT2D eigenvalue weighted by Crippen LogP contribution is -2.15. The number of rotatable bonds is 5. The van der Waals surface area contributed by atoms with E-state index in [1.54, 1.807) is 30.3 Å². The quantitative estimate of drug-likeness (QED) is 0.825. The molecule has 2 aromatic rings. The number of nitrogen functional groups attached to an aromatic ring is 1. The molecule has 6 nitrogen and oxygen atoms in total. The van der Waals surface area contributed by atoms with E-state index >= 15 is 0 Å². The minimum Gasteiger partial charge on any atom is -0.497 e. The number of ether oxygens (including phenoxy) is 2. The van der Waals surface area contributed by atoms with Crippen LogP contribution in [-0.2, 0) is 10.0 Å². The maximum atomic E-state index is 12.4. The van der Waals surface area contributed by atoms with Crippen LogP contribution < -0.4 is 19.9 Å². The first-order chi connectivity index (χ1) is 9.97. The molecule has 7 heteroatoms. The average Bonchev–Trinajstić information content (AvgIpc) is 2.48. The smallest absolute Gasteiger partial charge is 0.265 e. The lowest BCUT2D eigenvalue weighted by Gasteiger charge is -2.13. The number of hydrogen-bond acceptors (Lipinski definition) is 5. The molecule has 2 aromatic carbocycles. The molecular formula is C14H16N2O4S. The molecule has 0 spiro atoms. The van der Waals surface area contributed by atoms with Gasteiger partial charge in [0.05, 0.1) is 25.6 Å². The van der Waals surface area contributed by atoms with E-state index in [0.29, 0.717) is 17.1 Å². The second-order valence-electron chi connectivity index (χ2n) is 4.21. The standard InChI is InChI=1S/C14H16N2O4S/c1-19-10-7-8-14(13(9-10)20-2)21(17,18)16-12-6-4-3-5-11(12)15/h3-9,16H,15H2,1-2H3. The largest absolute Gasteiger partial charge is 0.497 e. The molecule has 0 amide bonds. The molecular weight excluding hydrogens is 292 g/mol. The molecule has 2 rings (SSSR count). The van der Waals surface area contributed by atoms with E-state index in [2.05, 4.69) is 4.72 Å². The molecule has 0 unspecified atom stereocenters. The molecule has 0 aliphatic rings. The molecule has 3 N–H and O–H groups in total. The molecule has 0 fully saturated rings. The molecule has 0 aliphatic carbocycles. The molecule has 0 bridgehead atoms. The van der Waals surface area contributed by atoms with Gasteiger partial charge in [0.15, 0.2) is 0 Å². The van der Waals surface area contributed by atoms with Crippen molar-refractivity contribution in [3.8, 4) is 11.5 Å². The summed E-state index contributed by atoms with van der Waals surface area (Å²) in [6, 6.07) is 11.1. The van der Waals surface area contributed by atoms with E-state index in [4.69, 9.17) is 15.2 Å². The van der Waals surface area contributed by atoms with Crippen molar-refractivity contribution in [2.24, 2.45) is 0 Å². The molecule has 0 saturated heterocycles. The number of para-hydroxylation sites is 2. The van der Waals surface area contributed by atoms with Crippen molar-refractivity contribution < 1.29 is 17.9 Å². The van der Waals surface area contributed by atoms with Crippen LogP contribution in [0.2, 0.25) is 0 Å². The lowest BCUT2D eigenvalue weighted by molar-refractivity contribution is 0.386. The zero-order valence-corrected chi connectivity index (χ0v) is 12.5. The van der Waals surface area contributed by atoms with Crippen molar-refractivity contribution in [3.63, 3.8) is 0 Å². The summed E-state index contributed by atoms with van der Waals surface area (Å²) >= 11 is 0. The molecule has 0 atom stereocenters. The Kier molecular flexibility index (Phi) is 4.23. The van der Waals surface area contributed by atoms with Crippen LogP contribution in [0.4, 0.5) is 11.4 Å². The third-order valence-corrected chi connectivity index (χ3v) is 4.27. The van der Waals surface area contributed by atoms with E-state index in [9.17, 15) is 8.42 Å². The number of anilines is 2. The number of nitrogens with two attached hydrogens (primary N) is 1. The summed E-state index contributed by atoms with van der Waals surface area (Å²) in [7, 11) is -0.929. The predicted octanol–water partition coefficient (Wildman–Crippen LogP) is 2.09. The minimum atomic E-state index is -3.81. The maximum absolute atomic E-state index is 12.4. The second kappa shape index (κ2) is 5.92. The summed E-state index contributed by atoms with van der Waals surface area (Å²) in [5, 5.41) is 0. The van der Waals surface area contributed by atoms with Gasteiger partial charge in [0.2, 0.25) is 0 Å². The van der Waals surface area contributed by atoms with E-state index in [1.165, 1.54) is 26.4 Å². The van der Waals surface area contributed by atoms with Crippen LogP contribution in [0.15, 0.2) is 47.4 Å². The summed E-state index contributed by atoms with van der Waals surface area (Å²) in [4.78, 5) is 0.00838. The SMILES string of the molecule is COc1ccc(S(=O)(=O)Nc2ccccc2N)c(OC)c1. The molecule has 0 heterocycles. The van der Waals surface area contributed by atoms with Crippen molar-refractivity contribution in [3.05, 3.63) is 42.5 Å². The van der Waals surface area contributed by atoms with Gasteiger partial charge < -0.3 is 15.2 Å². The van der Waals surface area contributed by atoms with Crippen molar-refractivity contribution >= 4 is 21.4 Å². The lowest BCUT2D eigenvalue weighted by atomic mass is 10.3. The Morgan fingerprint density at radius 3 is 2.38 bits per heavy atom. The second-order valence-corrected chi connectivity index (χ2v) is 5.86. The summed E-state index contributed by atoms with van der Waals surface area (Å²) in [5.41, 5.74) is 6.40. The summed E-state index contributed by atoms with van der Waals surface area (Å²) in [5.74, 6) is 0.696. The van der Waals surface area contributed by atoms with Crippen molar-refractivity contribution in [2.45, 2.75) is 4.90 Å². The Labute approximate surface area is 123 Å². The van der Waals surface area contributed by atoms with Crippen LogP contribution >= 0.6 is 0 Å². The molecule has 112 valence electrons. The van der Waals surface area contributed by atoms with Crippen molar-refractivity contribution in [1.29, 1.82) is 0 Å². The number of sulfonamides is 1. The Hall–Kier alpha value is -2.41. The third kappa shape index (κ3) is 3.19. The first-order valence-corrected chi connectivity index (χ1v) is 7.55.